The van der Waals surface area contributed by atoms with Crippen molar-refractivity contribution in [1.29, 1.82) is 0 Å². The Morgan fingerprint density at radius 3 is 2.62 bits per heavy atom. The van der Waals surface area contributed by atoms with E-state index >= 15 is 0 Å². The van der Waals surface area contributed by atoms with E-state index in [1.807, 2.05) is 0 Å². The van der Waals surface area contributed by atoms with Gasteiger partial charge in [-0.3, -0.25) is 4.79 Å². The van der Waals surface area contributed by atoms with Crippen LogP contribution in [0.5, 0.6) is 0 Å². The number of halogens is 2. The topological polar surface area (TPSA) is 29.1 Å². The Hall–Kier alpha value is -1.45. The Morgan fingerprint density at radius 2 is 1.94 bits per heavy atom. The second kappa shape index (κ2) is 4.60. The van der Waals surface area contributed by atoms with Crippen molar-refractivity contribution in [3.05, 3.63) is 35.4 Å². The van der Waals surface area contributed by atoms with Crippen molar-refractivity contribution in [1.82, 2.24) is 5.32 Å². The summed E-state index contributed by atoms with van der Waals surface area (Å²) < 4.78 is 26.2. The van der Waals surface area contributed by atoms with E-state index in [9.17, 15) is 13.6 Å². The minimum absolute atomic E-state index is 0.107. The zero-order valence-electron chi connectivity index (χ0n) is 8.80. The van der Waals surface area contributed by atoms with Crippen LogP contribution in [0, 0.1) is 11.6 Å². The lowest BCUT2D eigenvalue weighted by atomic mass is 10.1. The average Bonchev–Trinajstić information content (AvgIpc) is 2.74. The summed E-state index contributed by atoms with van der Waals surface area (Å²) >= 11 is 0. The molecule has 86 valence electrons. The maximum atomic E-state index is 13.3. The number of benzene rings is 1. The van der Waals surface area contributed by atoms with Gasteiger partial charge in [-0.05, 0) is 25.0 Å². The van der Waals surface area contributed by atoms with E-state index in [0.29, 0.717) is 0 Å². The SMILES string of the molecule is O=C(NC1CCCC1)c1cccc(F)c1F. The lowest BCUT2D eigenvalue weighted by Gasteiger charge is -2.12. The zero-order valence-corrected chi connectivity index (χ0v) is 8.80. The van der Waals surface area contributed by atoms with Crippen LogP contribution in [0.3, 0.4) is 0 Å². The fourth-order valence-electron chi connectivity index (χ4n) is 2.01. The van der Waals surface area contributed by atoms with Gasteiger partial charge in [0.1, 0.15) is 0 Å². The summed E-state index contributed by atoms with van der Waals surface area (Å²) in [5.74, 6) is -2.58. The first-order chi connectivity index (χ1) is 7.68. The number of carbonyl (C=O) groups is 1. The van der Waals surface area contributed by atoms with Gasteiger partial charge in [-0.15, -0.1) is 0 Å². The number of hydrogen-bond acceptors (Lipinski definition) is 1. The Labute approximate surface area is 92.7 Å². The number of hydrogen-bond donors (Lipinski definition) is 1. The molecule has 0 bridgehead atoms. The van der Waals surface area contributed by atoms with Crippen molar-refractivity contribution in [2.24, 2.45) is 0 Å². The van der Waals surface area contributed by atoms with Crippen LogP contribution >= 0.6 is 0 Å². The number of amides is 1. The fraction of sp³-hybridized carbons (Fsp3) is 0.417. The van der Waals surface area contributed by atoms with Gasteiger partial charge >= 0.3 is 0 Å². The summed E-state index contributed by atoms with van der Waals surface area (Å²) in [5.41, 5.74) is -0.216. The molecule has 1 aliphatic rings. The van der Waals surface area contributed by atoms with Crippen LogP contribution in [0.25, 0.3) is 0 Å². The van der Waals surface area contributed by atoms with Gasteiger partial charge in [0.25, 0.3) is 5.91 Å². The summed E-state index contributed by atoms with van der Waals surface area (Å²) in [5, 5.41) is 2.72. The molecule has 2 rings (SSSR count). The maximum absolute atomic E-state index is 13.3. The summed E-state index contributed by atoms with van der Waals surface area (Å²) in [6, 6.07) is 3.74. The van der Waals surface area contributed by atoms with Gasteiger partial charge in [0.05, 0.1) is 5.56 Å². The van der Waals surface area contributed by atoms with Crippen molar-refractivity contribution in [3.63, 3.8) is 0 Å². The summed E-state index contributed by atoms with van der Waals surface area (Å²) in [4.78, 5) is 11.7. The molecule has 2 nitrogen and oxygen atoms in total. The maximum Gasteiger partial charge on any atom is 0.254 e. The second-order valence-electron chi connectivity index (χ2n) is 4.06. The molecule has 0 aromatic heterocycles. The molecule has 0 radical (unpaired) electrons. The average molecular weight is 225 g/mol. The first-order valence-electron chi connectivity index (χ1n) is 5.43. The van der Waals surface area contributed by atoms with Crippen LogP contribution in [0.4, 0.5) is 8.78 Å². The van der Waals surface area contributed by atoms with Crippen molar-refractivity contribution < 1.29 is 13.6 Å². The third-order valence-electron chi connectivity index (χ3n) is 2.89. The minimum Gasteiger partial charge on any atom is -0.349 e. The molecule has 16 heavy (non-hydrogen) atoms. The zero-order chi connectivity index (χ0) is 11.5. The lowest BCUT2D eigenvalue weighted by molar-refractivity contribution is 0.0932. The quantitative estimate of drug-likeness (QED) is 0.823. The predicted molar refractivity (Wildman–Crippen MR) is 56.1 cm³/mol. The molecule has 0 saturated heterocycles. The monoisotopic (exact) mass is 225 g/mol. The van der Waals surface area contributed by atoms with E-state index in [1.54, 1.807) is 0 Å². The molecule has 1 aromatic carbocycles. The third-order valence-corrected chi connectivity index (χ3v) is 2.89. The van der Waals surface area contributed by atoms with E-state index in [1.165, 1.54) is 12.1 Å². The smallest absolute Gasteiger partial charge is 0.254 e. The molecule has 1 N–H and O–H groups in total. The molecule has 1 amide bonds. The highest BCUT2D eigenvalue weighted by atomic mass is 19.2. The highest BCUT2D eigenvalue weighted by Gasteiger charge is 2.20. The van der Waals surface area contributed by atoms with E-state index < -0.39 is 17.5 Å². The molecule has 1 fully saturated rings. The van der Waals surface area contributed by atoms with Crippen LogP contribution in [-0.4, -0.2) is 11.9 Å². The highest BCUT2D eigenvalue weighted by Crippen LogP contribution is 2.19. The first-order valence-corrected chi connectivity index (χ1v) is 5.43. The number of nitrogens with one attached hydrogen (secondary N) is 1. The normalized spacial score (nSPS) is 16.4. The molecule has 1 aliphatic carbocycles. The molecule has 0 atom stereocenters. The number of carbonyl (C=O) groups excluding carboxylic acids is 1. The van der Waals surface area contributed by atoms with Gasteiger partial charge < -0.3 is 5.32 Å². The van der Waals surface area contributed by atoms with Crippen LogP contribution in [0.2, 0.25) is 0 Å². The van der Waals surface area contributed by atoms with E-state index in [-0.39, 0.29) is 11.6 Å². The molecular weight excluding hydrogens is 212 g/mol. The van der Waals surface area contributed by atoms with Gasteiger partial charge in [-0.1, -0.05) is 18.9 Å². The Morgan fingerprint density at radius 1 is 1.25 bits per heavy atom. The molecule has 0 heterocycles. The standard InChI is InChI=1S/C12H13F2NO/c13-10-7-3-6-9(11(10)14)12(16)15-8-4-1-2-5-8/h3,6-8H,1-2,4-5H2,(H,15,16). The Balaban J connectivity index is 2.11. The van der Waals surface area contributed by atoms with E-state index in [2.05, 4.69) is 5.32 Å². The summed E-state index contributed by atoms with van der Waals surface area (Å²) in [6.45, 7) is 0. The van der Waals surface area contributed by atoms with Crippen LogP contribution in [-0.2, 0) is 0 Å². The molecular formula is C12H13F2NO. The van der Waals surface area contributed by atoms with Gasteiger partial charge in [-0.2, -0.15) is 0 Å². The minimum atomic E-state index is -1.07. The molecule has 1 saturated carbocycles. The molecule has 0 aliphatic heterocycles. The van der Waals surface area contributed by atoms with Gasteiger partial charge in [0, 0.05) is 6.04 Å². The van der Waals surface area contributed by atoms with Crippen molar-refractivity contribution in [3.8, 4) is 0 Å². The fourth-order valence-corrected chi connectivity index (χ4v) is 2.01. The third kappa shape index (κ3) is 2.21. The van der Waals surface area contributed by atoms with Crippen molar-refractivity contribution in [2.45, 2.75) is 31.7 Å². The molecule has 0 unspecified atom stereocenters. The largest absolute Gasteiger partial charge is 0.349 e. The Kier molecular flexibility index (Phi) is 3.17. The lowest BCUT2D eigenvalue weighted by Crippen LogP contribution is -2.33. The van der Waals surface area contributed by atoms with Crippen LogP contribution < -0.4 is 5.32 Å². The van der Waals surface area contributed by atoms with Crippen molar-refractivity contribution in [2.75, 3.05) is 0 Å². The summed E-state index contributed by atoms with van der Waals surface area (Å²) in [7, 11) is 0. The van der Waals surface area contributed by atoms with E-state index in [4.69, 9.17) is 0 Å². The first kappa shape index (κ1) is 11.0. The van der Waals surface area contributed by atoms with Gasteiger partial charge in [0.15, 0.2) is 11.6 Å². The van der Waals surface area contributed by atoms with E-state index in [0.717, 1.165) is 31.7 Å². The molecule has 1 aromatic rings. The van der Waals surface area contributed by atoms with Gasteiger partial charge in [-0.25, -0.2) is 8.78 Å². The molecule has 4 heteroatoms. The predicted octanol–water partition coefficient (Wildman–Crippen LogP) is 2.64. The van der Waals surface area contributed by atoms with Crippen LogP contribution in [0.15, 0.2) is 18.2 Å². The molecule has 0 spiro atoms. The second-order valence-corrected chi connectivity index (χ2v) is 4.06. The van der Waals surface area contributed by atoms with Crippen LogP contribution in [0.1, 0.15) is 36.0 Å². The van der Waals surface area contributed by atoms with Crippen molar-refractivity contribution >= 4 is 5.91 Å². The highest BCUT2D eigenvalue weighted by molar-refractivity contribution is 5.94. The Bertz CT molecular complexity index is 400. The summed E-state index contributed by atoms with van der Waals surface area (Å²) in [6.07, 6.45) is 4.00. The van der Waals surface area contributed by atoms with Gasteiger partial charge in [0.2, 0.25) is 0 Å². The number of rotatable bonds is 2.